The molecule has 0 aliphatic carbocycles. The van der Waals surface area contributed by atoms with E-state index in [1.807, 2.05) is 25.1 Å². The number of benzene rings is 1. The molecule has 1 saturated heterocycles. The Morgan fingerprint density at radius 2 is 1.88 bits per heavy atom. The lowest BCUT2D eigenvalue weighted by molar-refractivity contribution is 0.115. The van der Waals surface area contributed by atoms with E-state index in [0.717, 1.165) is 29.9 Å². The van der Waals surface area contributed by atoms with Gasteiger partial charge >= 0.3 is 0 Å². The van der Waals surface area contributed by atoms with Crippen molar-refractivity contribution >= 4 is 15.7 Å². The van der Waals surface area contributed by atoms with Crippen molar-refractivity contribution in [3.8, 4) is 0 Å². The fourth-order valence-corrected chi connectivity index (χ4v) is 5.27. The molecule has 2 aliphatic rings. The Bertz CT molecular complexity index is 682. The number of likely N-dealkylation sites (tertiary alicyclic amines) is 1. The molecule has 1 aromatic rings. The summed E-state index contributed by atoms with van der Waals surface area (Å²) in [6.07, 6.45) is 6.41. The summed E-state index contributed by atoms with van der Waals surface area (Å²) in [6, 6.07) is 5.64. The molecule has 2 heterocycles. The highest BCUT2D eigenvalue weighted by atomic mass is 32.2. The van der Waals surface area contributed by atoms with Crippen molar-refractivity contribution in [3.05, 3.63) is 29.3 Å². The number of aliphatic hydroxyl groups is 1. The Hall–Kier alpha value is -1.11. The lowest BCUT2D eigenvalue weighted by Crippen LogP contribution is -2.34. The van der Waals surface area contributed by atoms with Gasteiger partial charge in [-0.1, -0.05) is 25.0 Å². The number of rotatable bonds is 4. The van der Waals surface area contributed by atoms with E-state index < -0.39 is 16.1 Å². The zero-order valence-electron chi connectivity index (χ0n) is 14.6. The molecule has 1 fully saturated rings. The summed E-state index contributed by atoms with van der Waals surface area (Å²) in [6.45, 7) is 4.69. The number of β-amino-alcohol motifs (C(OH)–C–C–N with tert-alkyl or cyclic N) is 1. The minimum absolute atomic E-state index is 0.0620. The maximum atomic E-state index is 12.0. The molecule has 1 aromatic carbocycles. The van der Waals surface area contributed by atoms with Gasteiger partial charge in [0.2, 0.25) is 10.0 Å². The predicted molar refractivity (Wildman–Crippen MR) is 96.8 cm³/mol. The van der Waals surface area contributed by atoms with Crippen molar-refractivity contribution in [2.45, 2.75) is 51.2 Å². The third-order valence-corrected chi connectivity index (χ3v) is 6.40. The molecule has 24 heavy (non-hydrogen) atoms. The third-order valence-electron chi connectivity index (χ3n) is 5.13. The first-order valence-electron chi connectivity index (χ1n) is 8.89. The predicted octanol–water partition coefficient (Wildman–Crippen LogP) is 2.31. The van der Waals surface area contributed by atoms with E-state index in [0.29, 0.717) is 13.0 Å². The molecule has 0 amide bonds. The average molecular weight is 352 g/mol. The van der Waals surface area contributed by atoms with Gasteiger partial charge in [0.05, 0.1) is 18.0 Å². The van der Waals surface area contributed by atoms with Gasteiger partial charge in [-0.3, -0.25) is 4.31 Å². The summed E-state index contributed by atoms with van der Waals surface area (Å²) < 4.78 is 25.5. The molecular formula is C18H28N2O3S. The van der Waals surface area contributed by atoms with Crippen LogP contribution in [0.1, 0.15) is 49.8 Å². The van der Waals surface area contributed by atoms with Crippen molar-refractivity contribution < 1.29 is 13.5 Å². The molecule has 2 atom stereocenters. The fraction of sp³-hybridized carbons (Fsp3) is 0.667. The molecule has 0 spiro atoms. The van der Waals surface area contributed by atoms with Crippen LogP contribution in [-0.4, -0.2) is 50.4 Å². The van der Waals surface area contributed by atoms with Crippen LogP contribution in [0.3, 0.4) is 0 Å². The Kier molecular flexibility index (Phi) is 5.18. The zero-order valence-corrected chi connectivity index (χ0v) is 15.4. The van der Waals surface area contributed by atoms with Gasteiger partial charge in [-0.05, 0) is 56.5 Å². The van der Waals surface area contributed by atoms with Crippen LogP contribution in [0.15, 0.2) is 18.2 Å². The van der Waals surface area contributed by atoms with Crippen LogP contribution in [0.4, 0.5) is 5.69 Å². The van der Waals surface area contributed by atoms with E-state index in [2.05, 4.69) is 4.90 Å². The van der Waals surface area contributed by atoms with E-state index in [-0.39, 0.29) is 6.04 Å². The molecule has 134 valence electrons. The van der Waals surface area contributed by atoms with Crippen molar-refractivity contribution in [3.63, 3.8) is 0 Å². The quantitative estimate of drug-likeness (QED) is 0.903. The number of sulfonamides is 1. The summed E-state index contributed by atoms with van der Waals surface area (Å²) in [4.78, 5) is 2.34. The number of anilines is 1. The second-order valence-corrected chi connectivity index (χ2v) is 9.09. The molecule has 3 rings (SSSR count). The lowest BCUT2D eigenvalue weighted by atomic mass is 10.0. The number of hydrogen-bond donors (Lipinski definition) is 1. The Morgan fingerprint density at radius 1 is 1.21 bits per heavy atom. The van der Waals surface area contributed by atoms with Crippen molar-refractivity contribution in [1.29, 1.82) is 0 Å². The molecular weight excluding hydrogens is 324 g/mol. The van der Waals surface area contributed by atoms with Gasteiger partial charge in [-0.15, -0.1) is 0 Å². The summed E-state index contributed by atoms with van der Waals surface area (Å²) >= 11 is 0. The Labute approximate surface area is 145 Å². The molecule has 0 unspecified atom stereocenters. The third kappa shape index (κ3) is 3.76. The Morgan fingerprint density at radius 3 is 2.50 bits per heavy atom. The largest absolute Gasteiger partial charge is 0.387 e. The number of hydrogen-bond acceptors (Lipinski definition) is 4. The van der Waals surface area contributed by atoms with Crippen LogP contribution < -0.4 is 4.31 Å². The van der Waals surface area contributed by atoms with Gasteiger partial charge in [0.25, 0.3) is 0 Å². The van der Waals surface area contributed by atoms with Gasteiger partial charge in [-0.2, -0.15) is 0 Å². The standard InChI is InChI=1S/C18H28N2O3S/c1-14-11-16-12-15(7-8-17(16)20(14)24(2,22)23)18(21)13-19-9-5-3-4-6-10-19/h7-8,12,14,18,21H,3-6,9-11,13H2,1-2H3/t14-,18-/m0/s1. The van der Waals surface area contributed by atoms with E-state index in [4.69, 9.17) is 0 Å². The molecule has 6 heteroatoms. The highest BCUT2D eigenvalue weighted by Gasteiger charge is 2.32. The van der Waals surface area contributed by atoms with E-state index in [9.17, 15) is 13.5 Å². The average Bonchev–Trinajstić information content (AvgIpc) is 2.66. The van der Waals surface area contributed by atoms with Crippen LogP contribution in [-0.2, 0) is 16.4 Å². The summed E-state index contributed by atoms with van der Waals surface area (Å²) in [5, 5.41) is 10.6. The van der Waals surface area contributed by atoms with Crippen LogP contribution >= 0.6 is 0 Å². The highest BCUT2D eigenvalue weighted by Crippen LogP contribution is 2.35. The number of nitrogens with zero attached hydrogens (tertiary/aromatic N) is 2. The van der Waals surface area contributed by atoms with E-state index in [1.165, 1.54) is 36.2 Å². The topological polar surface area (TPSA) is 60.9 Å². The van der Waals surface area contributed by atoms with Crippen molar-refractivity contribution in [2.75, 3.05) is 30.2 Å². The normalized spacial score (nSPS) is 23.8. The first-order chi connectivity index (χ1) is 11.4. The second-order valence-electron chi connectivity index (χ2n) is 7.23. The van der Waals surface area contributed by atoms with Crippen LogP contribution in [0, 0.1) is 0 Å². The SMILES string of the molecule is C[C@H]1Cc2cc([C@@H](O)CN3CCCCCC3)ccc2N1S(C)(=O)=O. The summed E-state index contributed by atoms with van der Waals surface area (Å²) in [5.41, 5.74) is 2.66. The van der Waals surface area contributed by atoms with Gasteiger partial charge in [-0.25, -0.2) is 8.42 Å². The molecule has 5 nitrogen and oxygen atoms in total. The highest BCUT2D eigenvalue weighted by molar-refractivity contribution is 7.92. The maximum absolute atomic E-state index is 12.0. The maximum Gasteiger partial charge on any atom is 0.232 e. The van der Waals surface area contributed by atoms with Crippen LogP contribution in [0.5, 0.6) is 0 Å². The summed E-state index contributed by atoms with van der Waals surface area (Å²) in [7, 11) is -3.26. The van der Waals surface area contributed by atoms with E-state index in [1.54, 1.807) is 0 Å². The van der Waals surface area contributed by atoms with Gasteiger partial charge < -0.3 is 10.0 Å². The molecule has 0 saturated carbocycles. The second kappa shape index (κ2) is 7.02. The van der Waals surface area contributed by atoms with Crippen LogP contribution in [0.2, 0.25) is 0 Å². The smallest absolute Gasteiger partial charge is 0.232 e. The van der Waals surface area contributed by atoms with Crippen molar-refractivity contribution in [2.24, 2.45) is 0 Å². The first-order valence-corrected chi connectivity index (χ1v) is 10.7. The Balaban J connectivity index is 1.76. The first kappa shape index (κ1) is 17.7. The van der Waals surface area contributed by atoms with E-state index >= 15 is 0 Å². The van der Waals surface area contributed by atoms with Gasteiger partial charge in [0.1, 0.15) is 0 Å². The van der Waals surface area contributed by atoms with Gasteiger partial charge in [0.15, 0.2) is 0 Å². The molecule has 0 bridgehead atoms. The minimum Gasteiger partial charge on any atom is -0.387 e. The minimum atomic E-state index is -3.26. The molecule has 2 aliphatic heterocycles. The van der Waals surface area contributed by atoms with Crippen LogP contribution in [0.25, 0.3) is 0 Å². The fourth-order valence-electron chi connectivity index (χ4n) is 4.00. The number of fused-ring (bicyclic) bond motifs is 1. The lowest BCUT2D eigenvalue weighted by Gasteiger charge is -2.24. The summed E-state index contributed by atoms with van der Waals surface area (Å²) in [5.74, 6) is 0. The number of aliphatic hydroxyl groups excluding tert-OH is 1. The molecule has 1 N–H and O–H groups in total. The molecule has 0 radical (unpaired) electrons. The zero-order chi connectivity index (χ0) is 17.3. The van der Waals surface area contributed by atoms with Gasteiger partial charge in [0, 0.05) is 12.6 Å². The molecule has 0 aromatic heterocycles. The van der Waals surface area contributed by atoms with Crippen molar-refractivity contribution in [1.82, 2.24) is 4.90 Å². The monoisotopic (exact) mass is 352 g/mol.